The molecular formula is C24H31N3O2S2. The lowest BCUT2D eigenvalue weighted by Gasteiger charge is -2.42. The van der Waals surface area contributed by atoms with E-state index in [1.807, 2.05) is 6.92 Å². The van der Waals surface area contributed by atoms with E-state index in [9.17, 15) is 4.79 Å². The molecule has 0 spiro atoms. The lowest BCUT2D eigenvalue weighted by atomic mass is 9.95. The second kappa shape index (κ2) is 9.57. The average molecular weight is 458 g/mol. The Labute approximate surface area is 194 Å². The summed E-state index contributed by atoms with van der Waals surface area (Å²) in [4.78, 5) is 18.7. The minimum atomic E-state index is -0.232. The van der Waals surface area contributed by atoms with Gasteiger partial charge in [0.1, 0.15) is 5.00 Å². The molecule has 1 unspecified atom stereocenters. The Hall–Kier alpha value is -2.12. The number of carbonyl (C=O) groups is 1. The van der Waals surface area contributed by atoms with Crippen molar-refractivity contribution in [1.82, 2.24) is 4.90 Å². The van der Waals surface area contributed by atoms with Gasteiger partial charge in [0.15, 0.2) is 5.11 Å². The third-order valence-electron chi connectivity index (χ3n) is 6.15. The Bertz CT molecular complexity index is 954. The van der Waals surface area contributed by atoms with Crippen molar-refractivity contribution in [3.8, 4) is 0 Å². The van der Waals surface area contributed by atoms with Crippen molar-refractivity contribution >= 4 is 45.3 Å². The lowest BCUT2D eigenvalue weighted by Crippen LogP contribution is -2.54. The third kappa shape index (κ3) is 4.72. The van der Waals surface area contributed by atoms with E-state index < -0.39 is 0 Å². The zero-order valence-corrected chi connectivity index (χ0v) is 20.2. The number of nitrogens with one attached hydrogen (secondary N) is 1. The van der Waals surface area contributed by atoms with Gasteiger partial charge in [0.25, 0.3) is 0 Å². The largest absolute Gasteiger partial charge is 0.462 e. The molecule has 1 saturated heterocycles. The quantitative estimate of drug-likeness (QED) is 0.514. The summed E-state index contributed by atoms with van der Waals surface area (Å²) in [5.74, 6) is -0.232. The number of ether oxygens (including phenoxy) is 1. The Morgan fingerprint density at radius 1 is 1.23 bits per heavy atom. The van der Waals surface area contributed by atoms with Crippen molar-refractivity contribution in [2.75, 3.05) is 36.5 Å². The number of thiophene rings is 1. The highest BCUT2D eigenvalue weighted by atomic mass is 32.1. The molecule has 1 N–H and O–H groups in total. The van der Waals surface area contributed by atoms with E-state index >= 15 is 0 Å². The first-order valence-corrected chi connectivity index (χ1v) is 12.4. The van der Waals surface area contributed by atoms with Gasteiger partial charge < -0.3 is 19.9 Å². The predicted octanol–water partition coefficient (Wildman–Crippen LogP) is 5.02. The van der Waals surface area contributed by atoms with Crippen LogP contribution >= 0.6 is 23.6 Å². The van der Waals surface area contributed by atoms with E-state index in [4.69, 9.17) is 17.0 Å². The van der Waals surface area contributed by atoms with E-state index in [0.717, 1.165) is 49.5 Å². The number of aryl methyl sites for hydroxylation is 2. The summed E-state index contributed by atoms with van der Waals surface area (Å²) >= 11 is 7.46. The van der Waals surface area contributed by atoms with E-state index in [0.29, 0.717) is 23.3 Å². The highest BCUT2D eigenvalue weighted by Crippen LogP contribution is 2.39. The summed E-state index contributed by atoms with van der Waals surface area (Å²) in [7, 11) is 0. The van der Waals surface area contributed by atoms with Gasteiger partial charge in [-0.1, -0.05) is 17.7 Å². The fourth-order valence-electron chi connectivity index (χ4n) is 4.51. The van der Waals surface area contributed by atoms with Crippen molar-refractivity contribution in [3.63, 3.8) is 0 Å². The predicted molar refractivity (Wildman–Crippen MR) is 133 cm³/mol. The SMILES string of the molecule is CCOC(=O)c1c(NC(=S)N2CCN(c3ccc(C)cc3)C(C)C2)sc2c1CCCC2. The smallest absolute Gasteiger partial charge is 0.341 e. The monoisotopic (exact) mass is 457 g/mol. The van der Waals surface area contributed by atoms with Crippen LogP contribution < -0.4 is 10.2 Å². The number of esters is 1. The van der Waals surface area contributed by atoms with Crippen molar-refractivity contribution in [2.24, 2.45) is 0 Å². The van der Waals surface area contributed by atoms with E-state index in [1.165, 1.54) is 22.5 Å². The fraction of sp³-hybridized carbons (Fsp3) is 0.500. The maximum Gasteiger partial charge on any atom is 0.341 e. The van der Waals surface area contributed by atoms with Gasteiger partial charge >= 0.3 is 5.97 Å². The summed E-state index contributed by atoms with van der Waals surface area (Å²) < 4.78 is 5.37. The molecule has 1 aliphatic carbocycles. The van der Waals surface area contributed by atoms with Crippen LogP contribution in [0.3, 0.4) is 0 Å². The van der Waals surface area contributed by atoms with Crippen molar-refractivity contribution in [3.05, 3.63) is 45.8 Å². The minimum absolute atomic E-state index is 0.232. The Balaban J connectivity index is 1.47. The van der Waals surface area contributed by atoms with Gasteiger partial charge in [-0.3, -0.25) is 0 Å². The summed E-state index contributed by atoms with van der Waals surface area (Å²) in [6.45, 7) is 9.20. The van der Waals surface area contributed by atoms with Crippen LogP contribution in [0.2, 0.25) is 0 Å². The zero-order valence-electron chi connectivity index (χ0n) is 18.6. The van der Waals surface area contributed by atoms with Crippen molar-refractivity contribution in [1.29, 1.82) is 0 Å². The number of anilines is 2. The van der Waals surface area contributed by atoms with Gasteiger partial charge in [0.2, 0.25) is 0 Å². The van der Waals surface area contributed by atoms with E-state index in [2.05, 4.69) is 53.2 Å². The molecule has 1 atom stereocenters. The number of hydrogen-bond acceptors (Lipinski definition) is 5. The van der Waals surface area contributed by atoms with Crippen LogP contribution in [-0.2, 0) is 17.6 Å². The summed E-state index contributed by atoms with van der Waals surface area (Å²) in [6.07, 6.45) is 4.28. The molecule has 4 rings (SSSR count). The molecule has 1 aliphatic heterocycles. The van der Waals surface area contributed by atoms with Crippen LogP contribution in [0, 0.1) is 6.92 Å². The molecule has 2 heterocycles. The van der Waals surface area contributed by atoms with Gasteiger partial charge in [-0.25, -0.2) is 4.79 Å². The molecule has 166 valence electrons. The normalized spacial score (nSPS) is 18.5. The maximum absolute atomic E-state index is 12.7. The molecule has 1 fully saturated rings. The highest BCUT2D eigenvalue weighted by Gasteiger charge is 2.29. The molecule has 31 heavy (non-hydrogen) atoms. The topological polar surface area (TPSA) is 44.8 Å². The Kier molecular flexibility index (Phi) is 6.82. The Morgan fingerprint density at radius 3 is 2.68 bits per heavy atom. The van der Waals surface area contributed by atoms with Gasteiger partial charge in [-0.15, -0.1) is 11.3 Å². The molecule has 7 heteroatoms. The van der Waals surface area contributed by atoms with Crippen LogP contribution in [-0.4, -0.2) is 48.3 Å². The zero-order chi connectivity index (χ0) is 22.0. The molecule has 0 radical (unpaired) electrons. The van der Waals surface area contributed by atoms with Crippen molar-refractivity contribution in [2.45, 2.75) is 52.5 Å². The summed E-state index contributed by atoms with van der Waals surface area (Å²) in [6, 6.07) is 9.06. The minimum Gasteiger partial charge on any atom is -0.462 e. The average Bonchev–Trinajstić information content (AvgIpc) is 3.12. The Morgan fingerprint density at radius 2 is 1.97 bits per heavy atom. The number of hydrogen-bond donors (Lipinski definition) is 1. The second-order valence-electron chi connectivity index (χ2n) is 8.39. The first-order valence-electron chi connectivity index (χ1n) is 11.2. The molecular weight excluding hydrogens is 426 g/mol. The van der Waals surface area contributed by atoms with Crippen LogP contribution in [0.5, 0.6) is 0 Å². The molecule has 2 aliphatic rings. The molecule has 5 nitrogen and oxygen atoms in total. The number of nitrogens with zero attached hydrogens (tertiary/aromatic N) is 2. The number of fused-ring (bicyclic) bond motifs is 1. The molecule has 0 saturated carbocycles. The molecule has 2 aromatic rings. The van der Waals surface area contributed by atoms with Gasteiger partial charge in [-0.05, 0) is 76.4 Å². The third-order valence-corrected chi connectivity index (χ3v) is 7.72. The fourth-order valence-corrected chi connectivity index (χ4v) is 6.12. The summed E-state index contributed by atoms with van der Waals surface area (Å²) in [5, 5.41) is 4.96. The van der Waals surface area contributed by atoms with Crippen LogP contribution in [0.15, 0.2) is 24.3 Å². The van der Waals surface area contributed by atoms with Gasteiger partial charge in [0.05, 0.1) is 12.2 Å². The van der Waals surface area contributed by atoms with Gasteiger partial charge in [0, 0.05) is 36.2 Å². The number of piperazine rings is 1. The van der Waals surface area contributed by atoms with Crippen molar-refractivity contribution < 1.29 is 9.53 Å². The van der Waals surface area contributed by atoms with E-state index in [1.54, 1.807) is 11.3 Å². The maximum atomic E-state index is 12.7. The highest BCUT2D eigenvalue weighted by molar-refractivity contribution is 7.80. The van der Waals surface area contributed by atoms with Crippen LogP contribution in [0.25, 0.3) is 0 Å². The lowest BCUT2D eigenvalue weighted by molar-refractivity contribution is 0.0526. The number of thiocarbonyl (C=S) groups is 1. The van der Waals surface area contributed by atoms with Gasteiger partial charge in [-0.2, -0.15) is 0 Å². The number of rotatable bonds is 4. The molecule has 1 aromatic carbocycles. The molecule has 1 aromatic heterocycles. The first kappa shape index (κ1) is 22.1. The van der Waals surface area contributed by atoms with Crippen LogP contribution in [0.4, 0.5) is 10.7 Å². The second-order valence-corrected chi connectivity index (χ2v) is 9.88. The number of carbonyl (C=O) groups excluding carboxylic acids is 1. The standard InChI is InChI=1S/C24H31N3O2S2/c1-4-29-23(28)21-19-7-5-6-8-20(19)31-22(21)25-24(30)26-13-14-27(17(3)15-26)18-11-9-16(2)10-12-18/h9-12,17H,4-8,13-15H2,1-3H3,(H,25,30). The first-order chi connectivity index (χ1) is 15.0. The van der Waals surface area contributed by atoms with E-state index in [-0.39, 0.29) is 5.97 Å². The molecule has 0 amide bonds. The van der Waals surface area contributed by atoms with Crippen LogP contribution in [0.1, 0.15) is 53.1 Å². The molecule has 0 bridgehead atoms. The summed E-state index contributed by atoms with van der Waals surface area (Å²) in [5.41, 5.74) is 4.40. The number of benzene rings is 1.